The zero-order valence-corrected chi connectivity index (χ0v) is 11.3. The van der Waals surface area contributed by atoms with Gasteiger partial charge in [0.25, 0.3) is 0 Å². The highest BCUT2D eigenvalue weighted by Crippen LogP contribution is 2.33. The van der Waals surface area contributed by atoms with Crippen LogP contribution in [0, 0.1) is 0 Å². The smallest absolute Gasteiger partial charge is 0.200 e. The summed E-state index contributed by atoms with van der Waals surface area (Å²) in [7, 11) is 4.11. The van der Waals surface area contributed by atoms with Gasteiger partial charge in [0.1, 0.15) is 0 Å². The molecule has 1 aliphatic rings. The molecular weight excluding hydrogens is 236 g/mol. The van der Waals surface area contributed by atoms with E-state index in [0.29, 0.717) is 0 Å². The molecule has 2 aromatic rings. The second kappa shape index (κ2) is 4.90. The summed E-state index contributed by atoms with van der Waals surface area (Å²) in [5, 5.41) is 9.18. The van der Waals surface area contributed by atoms with Gasteiger partial charge in [0.15, 0.2) is 5.96 Å². The maximum absolute atomic E-state index is 4.56. The molecule has 0 saturated heterocycles. The fourth-order valence-corrected chi connectivity index (χ4v) is 2.28. The Morgan fingerprint density at radius 3 is 2.21 bits per heavy atom. The fraction of sp³-hybridized carbons (Fsp3) is 0.267. The second-order valence-electron chi connectivity index (χ2n) is 4.99. The third kappa shape index (κ3) is 2.39. The molecule has 0 saturated carbocycles. The van der Waals surface area contributed by atoms with Crippen molar-refractivity contribution < 1.29 is 0 Å². The lowest BCUT2D eigenvalue weighted by molar-refractivity contribution is 0.420. The summed E-state index contributed by atoms with van der Waals surface area (Å²) in [4.78, 5) is 6.69. The molecule has 3 rings (SSSR count). The number of aliphatic imine (C=N–C) groups is 1. The highest BCUT2D eigenvalue weighted by Gasteiger charge is 2.14. The molecule has 2 N–H and O–H groups in total. The van der Waals surface area contributed by atoms with Crippen molar-refractivity contribution in [1.82, 2.24) is 4.90 Å². The lowest BCUT2D eigenvalue weighted by atomic mass is 10.1. The lowest BCUT2D eigenvalue weighted by Crippen LogP contribution is -2.27. The van der Waals surface area contributed by atoms with E-state index in [9.17, 15) is 0 Å². The molecular formula is C15H18N4. The summed E-state index contributed by atoms with van der Waals surface area (Å²) in [5.41, 5.74) is 2.24. The van der Waals surface area contributed by atoms with Crippen LogP contribution in [0.3, 0.4) is 0 Å². The summed E-state index contributed by atoms with van der Waals surface area (Å²) in [6, 6.07) is 12.6. The van der Waals surface area contributed by atoms with E-state index in [1.165, 1.54) is 10.8 Å². The molecule has 0 spiro atoms. The molecule has 0 amide bonds. The van der Waals surface area contributed by atoms with E-state index in [-0.39, 0.29) is 0 Å². The molecule has 19 heavy (non-hydrogen) atoms. The van der Waals surface area contributed by atoms with Crippen molar-refractivity contribution in [2.24, 2.45) is 4.99 Å². The van der Waals surface area contributed by atoms with Gasteiger partial charge in [0, 0.05) is 11.9 Å². The minimum absolute atomic E-state index is 0.778. The van der Waals surface area contributed by atoms with Gasteiger partial charge in [-0.1, -0.05) is 24.3 Å². The van der Waals surface area contributed by atoms with Crippen LogP contribution in [-0.2, 0) is 0 Å². The largest absolute Gasteiger partial charge is 0.325 e. The number of likely N-dealkylation sites (N-methyl/N-ethyl adjacent to an activating group) is 1. The van der Waals surface area contributed by atoms with E-state index < -0.39 is 0 Å². The minimum atomic E-state index is 0.778. The molecule has 1 heterocycles. The first kappa shape index (κ1) is 12.0. The monoisotopic (exact) mass is 254 g/mol. The van der Waals surface area contributed by atoms with Crippen LogP contribution in [-0.4, -0.2) is 38.0 Å². The first-order valence-electron chi connectivity index (χ1n) is 6.49. The number of benzene rings is 2. The normalized spacial score (nSPS) is 13.3. The van der Waals surface area contributed by atoms with E-state index in [1.807, 2.05) is 0 Å². The zero-order valence-electron chi connectivity index (χ0n) is 11.3. The molecule has 0 fully saturated rings. The minimum Gasteiger partial charge on any atom is -0.325 e. The van der Waals surface area contributed by atoms with Gasteiger partial charge in [-0.15, -0.1) is 0 Å². The topological polar surface area (TPSA) is 39.7 Å². The van der Waals surface area contributed by atoms with Crippen LogP contribution in [0.5, 0.6) is 0 Å². The Kier molecular flexibility index (Phi) is 3.09. The molecule has 1 aliphatic heterocycles. The number of nitrogens with zero attached hydrogens (tertiary/aromatic N) is 2. The van der Waals surface area contributed by atoms with Gasteiger partial charge in [-0.3, -0.25) is 4.99 Å². The summed E-state index contributed by atoms with van der Waals surface area (Å²) >= 11 is 0. The average molecular weight is 254 g/mol. The third-order valence-electron chi connectivity index (χ3n) is 3.23. The Labute approximate surface area is 113 Å². The molecule has 0 atom stereocenters. The Hall–Kier alpha value is -2.07. The Morgan fingerprint density at radius 2 is 1.63 bits per heavy atom. The summed E-state index contributed by atoms with van der Waals surface area (Å²) < 4.78 is 0. The summed E-state index contributed by atoms with van der Waals surface area (Å²) in [6.07, 6.45) is 0. The molecule has 0 aromatic heterocycles. The van der Waals surface area contributed by atoms with Gasteiger partial charge in [-0.2, -0.15) is 0 Å². The number of rotatable bonds is 3. The SMILES string of the molecule is CN(C)CCN=C1Nc2cccc3cccc(c23)N1. The maximum atomic E-state index is 4.56. The van der Waals surface area contributed by atoms with E-state index >= 15 is 0 Å². The molecule has 4 nitrogen and oxygen atoms in total. The van der Waals surface area contributed by atoms with Crippen LogP contribution in [0.25, 0.3) is 10.8 Å². The van der Waals surface area contributed by atoms with Crippen LogP contribution in [0.2, 0.25) is 0 Å². The third-order valence-corrected chi connectivity index (χ3v) is 3.23. The highest BCUT2D eigenvalue weighted by molar-refractivity contribution is 6.19. The predicted molar refractivity (Wildman–Crippen MR) is 82.0 cm³/mol. The van der Waals surface area contributed by atoms with Crippen molar-refractivity contribution >= 4 is 28.1 Å². The van der Waals surface area contributed by atoms with Crippen molar-refractivity contribution in [1.29, 1.82) is 0 Å². The van der Waals surface area contributed by atoms with Gasteiger partial charge >= 0.3 is 0 Å². The van der Waals surface area contributed by atoms with Crippen LogP contribution in [0.1, 0.15) is 0 Å². The standard InChI is InChI=1S/C15H18N4/c1-19(2)10-9-16-15-17-12-7-3-5-11-6-4-8-13(18-15)14(11)12/h3-8H,9-10H2,1-2H3,(H2,16,17,18). The van der Waals surface area contributed by atoms with Crippen LogP contribution >= 0.6 is 0 Å². The lowest BCUT2D eigenvalue weighted by Gasteiger charge is -2.22. The number of anilines is 2. The van der Waals surface area contributed by atoms with Crippen molar-refractivity contribution in [2.75, 3.05) is 37.8 Å². The van der Waals surface area contributed by atoms with Crippen LogP contribution < -0.4 is 10.6 Å². The molecule has 98 valence electrons. The van der Waals surface area contributed by atoms with Crippen molar-refractivity contribution in [3.8, 4) is 0 Å². The van der Waals surface area contributed by atoms with E-state index in [4.69, 9.17) is 0 Å². The van der Waals surface area contributed by atoms with Crippen LogP contribution in [0.4, 0.5) is 11.4 Å². The maximum Gasteiger partial charge on any atom is 0.200 e. The Bertz CT molecular complexity index is 588. The average Bonchev–Trinajstić information content (AvgIpc) is 2.39. The molecule has 2 aromatic carbocycles. The predicted octanol–water partition coefficient (Wildman–Crippen LogP) is 2.59. The van der Waals surface area contributed by atoms with E-state index in [2.05, 4.69) is 71.0 Å². The number of hydrogen-bond donors (Lipinski definition) is 2. The van der Waals surface area contributed by atoms with Gasteiger partial charge in [-0.05, 0) is 31.6 Å². The van der Waals surface area contributed by atoms with E-state index in [0.717, 1.165) is 30.4 Å². The second-order valence-corrected chi connectivity index (χ2v) is 4.99. The van der Waals surface area contributed by atoms with Gasteiger partial charge < -0.3 is 15.5 Å². The van der Waals surface area contributed by atoms with Crippen molar-refractivity contribution in [3.05, 3.63) is 36.4 Å². The number of nitrogens with one attached hydrogen (secondary N) is 2. The fourth-order valence-electron chi connectivity index (χ4n) is 2.28. The van der Waals surface area contributed by atoms with Crippen LogP contribution in [0.15, 0.2) is 41.4 Å². The first-order chi connectivity index (χ1) is 9.24. The first-order valence-corrected chi connectivity index (χ1v) is 6.49. The molecule has 0 bridgehead atoms. The van der Waals surface area contributed by atoms with Gasteiger partial charge in [0.05, 0.1) is 17.9 Å². The Morgan fingerprint density at radius 1 is 1.00 bits per heavy atom. The van der Waals surface area contributed by atoms with Gasteiger partial charge in [0.2, 0.25) is 0 Å². The molecule has 0 unspecified atom stereocenters. The van der Waals surface area contributed by atoms with E-state index in [1.54, 1.807) is 0 Å². The summed E-state index contributed by atoms with van der Waals surface area (Å²) in [5.74, 6) is 0.827. The molecule has 0 aliphatic carbocycles. The Balaban J connectivity index is 1.90. The van der Waals surface area contributed by atoms with Crippen molar-refractivity contribution in [2.45, 2.75) is 0 Å². The van der Waals surface area contributed by atoms with Gasteiger partial charge in [-0.25, -0.2) is 0 Å². The number of guanidine groups is 1. The molecule has 0 radical (unpaired) electrons. The zero-order chi connectivity index (χ0) is 13.2. The number of hydrogen-bond acceptors (Lipinski definition) is 2. The highest BCUT2D eigenvalue weighted by atomic mass is 15.2. The van der Waals surface area contributed by atoms with Crippen molar-refractivity contribution in [3.63, 3.8) is 0 Å². The summed E-state index contributed by atoms with van der Waals surface area (Å²) in [6.45, 7) is 1.72. The molecule has 4 heteroatoms. The quantitative estimate of drug-likeness (QED) is 0.884.